The van der Waals surface area contributed by atoms with Crippen LogP contribution in [0.4, 0.5) is 5.82 Å². The Balaban J connectivity index is 1.74. The summed E-state index contributed by atoms with van der Waals surface area (Å²) < 4.78 is 0. The van der Waals surface area contributed by atoms with Crippen LogP contribution in [0.15, 0.2) is 6.07 Å². The predicted molar refractivity (Wildman–Crippen MR) is 94.5 cm³/mol. The van der Waals surface area contributed by atoms with Crippen molar-refractivity contribution in [3.63, 3.8) is 0 Å². The third-order valence-corrected chi connectivity index (χ3v) is 5.29. The van der Waals surface area contributed by atoms with Crippen LogP contribution in [0.3, 0.4) is 0 Å². The highest BCUT2D eigenvalue weighted by Crippen LogP contribution is 2.34. The molecule has 1 atom stereocenters. The molecule has 1 saturated heterocycles. The Bertz CT molecular complexity index is 498. The second-order valence-electron chi connectivity index (χ2n) is 7.04. The van der Waals surface area contributed by atoms with Crippen molar-refractivity contribution in [2.24, 2.45) is 5.92 Å². The molecule has 0 radical (unpaired) electrons. The van der Waals surface area contributed by atoms with Crippen molar-refractivity contribution >= 4 is 5.82 Å². The monoisotopic (exact) mass is 317 g/mol. The van der Waals surface area contributed by atoms with E-state index in [2.05, 4.69) is 15.5 Å². The van der Waals surface area contributed by atoms with Crippen LogP contribution >= 0.6 is 0 Å². The topological polar surface area (TPSA) is 53.1 Å². The maximum atomic E-state index is 4.84. The lowest BCUT2D eigenvalue weighted by atomic mass is 9.89. The molecule has 2 N–H and O–H groups in total. The summed E-state index contributed by atoms with van der Waals surface area (Å²) in [5, 5.41) is 6.39. The molecule has 0 bridgehead atoms. The molecule has 3 rings (SSSR count). The summed E-state index contributed by atoms with van der Waals surface area (Å²) in [6, 6.07) is 2.45. The Labute approximate surface area is 140 Å². The largest absolute Gasteiger partial charge is 0.373 e. The summed E-state index contributed by atoms with van der Waals surface area (Å²) in [6.45, 7) is 3.23. The van der Waals surface area contributed by atoms with Crippen molar-refractivity contribution in [2.45, 2.75) is 57.5 Å². The number of rotatable bonds is 6. The highest BCUT2D eigenvalue weighted by atomic mass is 15.2. The van der Waals surface area contributed by atoms with Gasteiger partial charge in [-0.3, -0.25) is 4.90 Å². The predicted octanol–water partition coefficient (Wildman–Crippen LogP) is 2.95. The average molecular weight is 317 g/mol. The van der Waals surface area contributed by atoms with Gasteiger partial charge in [-0.05, 0) is 45.2 Å². The number of hydrogen-bond acceptors (Lipinski definition) is 5. The smallest absolute Gasteiger partial charge is 0.148 e. The van der Waals surface area contributed by atoms with E-state index >= 15 is 0 Å². The molecule has 5 heteroatoms. The van der Waals surface area contributed by atoms with E-state index in [1.807, 2.05) is 20.2 Å². The molecule has 1 saturated carbocycles. The van der Waals surface area contributed by atoms with Crippen molar-refractivity contribution in [1.29, 1.82) is 0 Å². The van der Waals surface area contributed by atoms with Crippen LogP contribution < -0.4 is 10.6 Å². The Hall–Kier alpha value is -1.20. The summed E-state index contributed by atoms with van der Waals surface area (Å²) in [5.74, 6) is 2.83. The summed E-state index contributed by atoms with van der Waals surface area (Å²) in [4.78, 5) is 12.3. The van der Waals surface area contributed by atoms with E-state index in [9.17, 15) is 0 Å². The molecule has 0 amide bonds. The Kier molecular flexibility index (Phi) is 5.84. The van der Waals surface area contributed by atoms with Crippen molar-refractivity contribution in [3.8, 4) is 0 Å². The van der Waals surface area contributed by atoms with Gasteiger partial charge in [0.1, 0.15) is 11.6 Å². The Morgan fingerprint density at radius 2 is 1.91 bits per heavy atom. The zero-order chi connectivity index (χ0) is 16.1. The molecule has 2 heterocycles. The molecule has 1 aliphatic heterocycles. The van der Waals surface area contributed by atoms with E-state index in [1.54, 1.807) is 0 Å². The van der Waals surface area contributed by atoms with Crippen LogP contribution in [0.25, 0.3) is 0 Å². The van der Waals surface area contributed by atoms with Gasteiger partial charge in [-0.2, -0.15) is 0 Å². The van der Waals surface area contributed by atoms with Crippen molar-refractivity contribution in [3.05, 3.63) is 17.6 Å². The standard InChI is InChI=1S/C18H31N5/c1-19-12-15-11-17(20-2)22-18(21-15)16-9-6-10-23(16)13-14-7-4-3-5-8-14/h11,14,16,19H,3-10,12-13H2,1-2H3,(H,20,21,22)/t16-/m1/s1. The number of nitrogens with one attached hydrogen (secondary N) is 2. The third-order valence-electron chi connectivity index (χ3n) is 5.29. The van der Waals surface area contributed by atoms with Crippen molar-refractivity contribution in [1.82, 2.24) is 20.2 Å². The molecule has 1 aromatic rings. The van der Waals surface area contributed by atoms with E-state index in [0.29, 0.717) is 6.04 Å². The molecule has 0 aromatic carbocycles. The van der Waals surface area contributed by atoms with Crippen LogP contribution in [0, 0.1) is 5.92 Å². The first-order valence-corrected chi connectivity index (χ1v) is 9.24. The molecule has 0 spiro atoms. The van der Waals surface area contributed by atoms with Gasteiger partial charge in [0.05, 0.1) is 11.7 Å². The van der Waals surface area contributed by atoms with E-state index < -0.39 is 0 Å². The molecular formula is C18H31N5. The highest BCUT2D eigenvalue weighted by Gasteiger charge is 2.30. The minimum absolute atomic E-state index is 0.404. The van der Waals surface area contributed by atoms with Crippen LogP contribution in [0.1, 0.15) is 62.5 Å². The molecule has 0 unspecified atom stereocenters. The SMILES string of the molecule is CNCc1cc(NC)nc([C@H]2CCCN2CC2CCCCC2)n1. The number of anilines is 1. The lowest BCUT2D eigenvalue weighted by Crippen LogP contribution is -2.31. The fourth-order valence-corrected chi connectivity index (χ4v) is 4.11. The van der Waals surface area contributed by atoms with E-state index in [4.69, 9.17) is 9.97 Å². The van der Waals surface area contributed by atoms with Gasteiger partial charge in [-0.25, -0.2) is 9.97 Å². The van der Waals surface area contributed by atoms with Gasteiger partial charge >= 0.3 is 0 Å². The second-order valence-corrected chi connectivity index (χ2v) is 7.04. The number of likely N-dealkylation sites (tertiary alicyclic amines) is 1. The Morgan fingerprint density at radius 1 is 1.09 bits per heavy atom. The van der Waals surface area contributed by atoms with E-state index in [-0.39, 0.29) is 0 Å². The lowest BCUT2D eigenvalue weighted by molar-refractivity contribution is 0.183. The quantitative estimate of drug-likeness (QED) is 0.845. The minimum atomic E-state index is 0.404. The minimum Gasteiger partial charge on any atom is -0.373 e. The lowest BCUT2D eigenvalue weighted by Gasteiger charge is -2.30. The maximum absolute atomic E-state index is 4.84. The summed E-state index contributed by atoms with van der Waals surface area (Å²) >= 11 is 0. The first-order chi connectivity index (χ1) is 11.3. The molecule has 2 aliphatic rings. The van der Waals surface area contributed by atoms with Gasteiger partial charge in [-0.1, -0.05) is 19.3 Å². The number of nitrogens with zero attached hydrogens (tertiary/aromatic N) is 3. The fraction of sp³-hybridized carbons (Fsp3) is 0.778. The highest BCUT2D eigenvalue weighted by molar-refractivity contribution is 5.35. The van der Waals surface area contributed by atoms with Crippen LogP contribution in [-0.2, 0) is 6.54 Å². The molecule has 1 aromatic heterocycles. The van der Waals surface area contributed by atoms with Gasteiger partial charge < -0.3 is 10.6 Å². The zero-order valence-corrected chi connectivity index (χ0v) is 14.6. The summed E-state index contributed by atoms with van der Waals surface area (Å²) in [7, 11) is 3.90. The molecule has 23 heavy (non-hydrogen) atoms. The first-order valence-electron chi connectivity index (χ1n) is 9.24. The first kappa shape index (κ1) is 16.7. The molecule has 2 fully saturated rings. The second kappa shape index (κ2) is 8.06. The maximum Gasteiger partial charge on any atom is 0.148 e. The molecule has 1 aliphatic carbocycles. The average Bonchev–Trinajstić information content (AvgIpc) is 3.04. The molecule has 128 valence electrons. The van der Waals surface area contributed by atoms with Crippen molar-refractivity contribution in [2.75, 3.05) is 32.5 Å². The van der Waals surface area contributed by atoms with Crippen molar-refractivity contribution < 1.29 is 0 Å². The third kappa shape index (κ3) is 4.21. The fourth-order valence-electron chi connectivity index (χ4n) is 4.11. The normalized spacial score (nSPS) is 23.3. The van der Waals surface area contributed by atoms with Crippen LogP contribution in [-0.4, -0.2) is 42.1 Å². The van der Waals surface area contributed by atoms with E-state index in [1.165, 1.54) is 58.0 Å². The Morgan fingerprint density at radius 3 is 2.65 bits per heavy atom. The van der Waals surface area contributed by atoms with Crippen LogP contribution in [0.5, 0.6) is 0 Å². The van der Waals surface area contributed by atoms with Gasteiger partial charge in [0.2, 0.25) is 0 Å². The van der Waals surface area contributed by atoms with Gasteiger partial charge in [0, 0.05) is 26.2 Å². The molecule has 5 nitrogen and oxygen atoms in total. The zero-order valence-electron chi connectivity index (χ0n) is 14.6. The van der Waals surface area contributed by atoms with E-state index in [0.717, 1.165) is 29.8 Å². The summed E-state index contributed by atoms with van der Waals surface area (Å²) in [6.07, 6.45) is 9.55. The van der Waals surface area contributed by atoms with Crippen LogP contribution in [0.2, 0.25) is 0 Å². The van der Waals surface area contributed by atoms with Gasteiger partial charge in [0.25, 0.3) is 0 Å². The number of aromatic nitrogens is 2. The van der Waals surface area contributed by atoms with Gasteiger partial charge in [0.15, 0.2) is 0 Å². The summed E-state index contributed by atoms with van der Waals surface area (Å²) in [5.41, 5.74) is 1.08. The number of hydrogen-bond donors (Lipinski definition) is 2. The van der Waals surface area contributed by atoms with Gasteiger partial charge in [-0.15, -0.1) is 0 Å². The molecular weight excluding hydrogens is 286 g/mol.